The normalized spacial score (nSPS) is 19.7. The van der Waals surface area contributed by atoms with Gasteiger partial charge in [0.2, 0.25) is 0 Å². The van der Waals surface area contributed by atoms with Crippen molar-refractivity contribution in [1.29, 1.82) is 0 Å². The Bertz CT molecular complexity index is 634. The average molecular weight is 304 g/mol. The number of nitrogen functional groups attached to an aromatic ring is 1. The fraction of sp³-hybridized carbons (Fsp3) is 0.562. The zero-order valence-electron chi connectivity index (χ0n) is 13.0. The van der Waals surface area contributed by atoms with Gasteiger partial charge < -0.3 is 16.0 Å². The molecular weight excluding hydrogens is 280 g/mol. The molecule has 3 rings (SSSR count). The zero-order valence-corrected chi connectivity index (χ0v) is 13.8. The van der Waals surface area contributed by atoms with Gasteiger partial charge in [0.25, 0.3) is 0 Å². The summed E-state index contributed by atoms with van der Waals surface area (Å²) in [6.45, 7) is 9.96. The fourth-order valence-electron chi connectivity index (χ4n) is 3.01. The van der Waals surface area contributed by atoms with Crippen LogP contribution in [0.2, 0.25) is 0 Å². The number of likely N-dealkylation sites (tertiary alicyclic amines) is 1. The standard InChI is InChI=1S/C16H24N4S/c1-10(2)20-5-4-12(9-20)8-18-14-7-15-16(6-13(14)17)21-11(3)19-15/h6-7,10,12,18H,4-5,8-9,17H2,1-3H3. The van der Waals surface area contributed by atoms with E-state index in [1.165, 1.54) is 24.2 Å². The van der Waals surface area contributed by atoms with Gasteiger partial charge in [0.1, 0.15) is 0 Å². The molecule has 1 aromatic carbocycles. The molecule has 4 nitrogen and oxygen atoms in total. The van der Waals surface area contributed by atoms with Crippen LogP contribution in [0.1, 0.15) is 25.3 Å². The highest BCUT2D eigenvalue weighted by atomic mass is 32.1. The van der Waals surface area contributed by atoms with Crippen LogP contribution >= 0.6 is 11.3 Å². The van der Waals surface area contributed by atoms with Crippen molar-refractivity contribution >= 4 is 32.9 Å². The summed E-state index contributed by atoms with van der Waals surface area (Å²) in [5.41, 5.74) is 9.06. The lowest BCUT2D eigenvalue weighted by molar-refractivity contribution is 0.266. The molecule has 1 aliphatic rings. The molecule has 1 aliphatic heterocycles. The Kier molecular flexibility index (Phi) is 4.04. The van der Waals surface area contributed by atoms with Crippen molar-refractivity contribution in [3.8, 4) is 0 Å². The summed E-state index contributed by atoms with van der Waals surface area (Å²) in [5.74, 6) is 0.708. The van der Waals surface area contributed by atoms with Gasteiger partial charge in [-0.25, -0.2) is 4.98 Å². The summed E-state index contributed by atoms with van der Waals surface area (Å²) in [6.07, 6.45) is 1.27. The second-order valence-corrected chi connectivity index (χ2v) is 7.50. The van der Waals surface area contributed by atoms with Gasteiger partial charge >= 0.3 is 0 Å². The number of hydrogen-bond donors (Lipinski definition) is 2. The highest BCUT2D eigenvalue weighted by Crippen LogP contribution is 2.30. The largest absolute Gasteiger partial charge is 0.397 e. The van der Waals surface area contributed by atoms with E-state index in [4.69, 9.17) is 5.73 Å². The number of hydrogen-bond acceptors (Lipinski definition) is 5. The summed E-state index contributed by atoms with van der Waals surface area (Å²) < 4.78 is 1.17. The van der Waals surface area contributed by atoms with E-state index in [1.54, 1.807) is 11.3 Å². The fourth-order valence-corrected chi connectivity index (χ4v) is 3.87. The van der Waals surface area contributed by atoms with Crippen molar-refractivity contribution in [2.24, 2.45) is 5.92 Å². The lowest BCUT2D eigenvalue weighted by Crippen LogP contribution is -2.29. The predicted molar refractivity (Wildman–Crippen MR) is 92.1 cm³/mol. The molecule has 21 heavy (non-hydrogen) atoms. The number of aryl methyl sites for hydroxylation is 1. The molecule has 5 heteroatoms. The van der Waals surface area contributed by atoms with Crippen LogP contribution in [-0.4, -0.2) is 35.6 Å². The van der Waals surface area contributed by atoms with Crippen LogP contribution in [0.5, 0.6) is 0 Å². The molecule has 1 unspecified atom stereocenters. The first-order valence-electron chi connectivity index (χ1n) is 7.67. The van der Waals surface area contributed by atoms with Crippen molar-refractivity contribution in [3.05, 3.63) is 17.1 Å². The van der Waals surface area contributed by atoms with Gasteiger partial charge in [-0.2, -0.15) is 0 Å². The predicted octanol–water partition coefficient (Wildman–Crippen LogP) is 3.33. The quantitative estimate of drug-likeness (QED) is 0.851. The highest BCUT2D eigenvalue weighted by Gasteiger charge is 2.24. The van der Waals surface area contributed by atoms with Gasteiger partial charge in [0.15, 0.2) is 0 Å². The first-order chi connectivity index (χ1) is 10.0. The van der Waals surface area contributed by atoms with Gasteiger partial charge in [0, 0.05) is 19.1 Å². The zero-order chi connectivity index (χ0) is 15.0. The molecule has 2 heterocycles. The third-order valence-electron chi connectivity index (χ3n) is 4.30. The SMILES string of the molecule is Cc1nc2cc(NCC3CCN(C(C)C)C3)c(N)cc2s1. The van der Waals surface area contributed by atoms with Crippen LogP contribution in [0.15, 0.2) is 12.1 Å². The molecule has 1 saturated heterocycles. The Morgan fingerprint density at radius 2 is 2.29 bits per heavy atom. The van der Waals surface area contributed by atoms with Gasteiger partial charge in [-0.05, 0) is 51.8 Å². The smallest absolute Gasteiger partial charge is 0.0907 e. The maximum absolute atomic E-state index is 6.16. The number of aromatic nitrogens is 1. The third kappa shape index (κ3) is 3.14. The van der Waals surface area contributed by atoms with Crippen LogP contribution in [0, 0.1) is 12.8 Å². The first kappa shape index (κ1) is 14.6. The monoisotopic (exact) mass is 304 g/mol. The van der Waals surface area contributed by atoms with E-state index in [1.807, 2.05) is 13.0 Å². The Labute approximate surface area is 130 Å². The number of rotatable bonds is 4. The van der Waals surface area contributed by atoms with Crippen molar-refractivity contribution in [2.75, 3.05) is 30.7 Å². The summed E-state index contributed by atoms with van der Waals surface area (Å²) in [6, 6.07) is 4.77. The van der Waals surface area contributed by atoms with Crippen LogP contribution in [0.25, 0.3) is 10.2 Å². The maximum atomic E-state index is 6.16. The molecule has 0 radical (unpaired) electrons. The van der Waals surface area contributed by atoms with E-state index in [-0.39, 0.29) is 0 Å². The van der Waals surface area contributed by atoms with E-state index < -0.39 is 0 Å². The van der Waals surface area contributed by atoms with Gasteiger partial charge in [0.05, 0.1) is 26.6 Å². The Balaban J connectivity index is 1.66. The number of benzene rings is 1. The van der Waals surface area contributed by atoms with Crippen molar-refractivity contribution in [1.82, 2.24) is 9.88 Å². The molecular formula is C16H24N4S. The summed E-state index contributed by atoms with van der Waals surface area (Å²) in [5, 5.41) is 4.62. The second kappa shape index (κ2) is 5.81. The summed E-state index contributed by atoms with van der Waals surface area (Å²) in [4.78, 5) is 7.09. The molecule has 0 aliphatic carbocycles. The highest BCUT2D eigenvalue weighted by molar-refractivity contribution is 7.18. The molecule has 0 spiro atoms. The molecule has 0 bridgehead atoms. The van der Waals surface area contributed by atoms with Crippen LogP contribution in [0.3, 0.4) is 0 Å². The van der Waals surface area contributed by atoms with E-state index in [0.29, 0.717) is 12.0 Å². The number of nitrogens with two attached hydrogens (primary N) is 1. The van der Waals surface area contributed by atoms with Crippen LogP contribution in [0.4, 0.5) is 11.4 Å². The lowest BCUT2D eigenvalue weighted by atomic mass is 10.1. The minimum absolute atomic E-state index is 0.648. The number of nitrogens with zero attached hydrogens (tertiary/aromatic N) is 2. The van der Waals surface area contributed by atoms with Crippen molar-refractivity contribution < 1.29 is 0 Å². The van der Waals surface area contributed by atoms with Crippen molar-refractivity contribution in [3.63, 3.8) is 0 Å². The average Bonchev–Trinajstić information content (AvgIpc) is 3.01. The molecule has 3 N–H and O–H groups in total. The number of nitrogens with one attached hydrogen (secondary N) is 1. The lowest BCUT2D eigenvalue weighted by Gasteiger charge is -2.20. The minimum atomic E-state index is 0.648. The maximum Gasteiger partial charge on any atom is 0.0907 e. The summed E-state index contributed by atoms with van der Waals surface area (Å²) >= 11 is 1.70. The number of thiazole rings is 1. The molecule has 1 aromatic heterocycles. The second-order valence-electron chi connectivity index (χ2n) is 6.26. The molecule has 0 saturated carbocycles. The minimum Gasteiger partial charge on any atom is -0.397 e. The molecule has 1 fully saturated rings. The number of fused-ring (bicyclic) bond motifs is 1. The van der Waals surface area contributed by atoms with E-state index in [0.717, 1.165) is 28.4 Å². The molecule has 114 valence electrons. The van der Waals surface area contributed by atoms with Gasteiger partial charge in [-0.15, -0.1) is 11.3 Å². The van der Waals surface area contributed by atoms with Gasteiger partial charge in [-0.3, -0.25) is 0 Å². The topological polar surface area (TPSA) is 54.2 Å². The van der Waals surface area contributed by atoms with Gasteiger partial charge in [-0.1, -0.05) is 0 Å². The Morgan fingerprint density at radius 3 is 3.00 bits per heavy atom. The Hall–Kier alpha value is -1.33. The first-order valence-corrected chi connectivity index (χ1v) is 8.49. The molecule has 2 aromatic rings. The van der Waals surface area contributed by atoms with Crippen molar-refractivity contribution in [2.45, 2.75) is 33.2 Å². The van der Waals surface area contributed by atoms with Crippen LogP contribution in [-0.2, 0) is 0 Å². The summed E-state index contributed by atoms with van der Waals surface area (Å²) in [7, 11) is 0. The third-order valence-corrected chi connectivity index (χ3v) is 5.23. The van der Waals surface area contributed by atoms with E-state index >= 15 is 0 Å². The number of anilines is 2. The molecule has 1 atom stereocenters. The Morgan fingerprint density at radius 1 is 1.48 bits per heavy atom. The van der Waals surface area contributed by atoms with E-state index in [2.05, 4.69) is 35.1 Å². The molecule has 0 amide bonds. The van der Waals surface area contributed by atoms with E-state index in [9.17, 15) is 0 Å². The van der Waals surface area contributed by atoms with Crippen LogP contribution < -0.4 is 11.1 Å².